The Morgan fingerprint density at radius 1 is 1.00 bits per heavy atom. The number of para-hydroxylation sites is 2. The number of hydrogen-bond donors (Lipinski definition) is 2. The van der Waals surface area contributed by atoms with E-state index in [1.807, 2.05) is 12.1 Å². The van der Waals surface area contributed by atoms with E-state index in [2.05, 4.69) is 64.1 Å². The Kier molecular flexibility index (Phi) is 3.61. The number of nitrogens with one attached hydrogen (secondary N) is 2. The predicted molar refractivity (Wildman–Crippen MR) is 107 cm³/mol. The Labute approximate surface area is 158 Å². The van der Waals surface area contributed by atoms with E-state index in [4.69, 9.17) is 0 Å². The number of hydrogen-bond acceptors (Lipinski definition) is 2. The van der Waals surface area contributed by atoms with Crippen LogP contribution in [0.4, 0.5) is 11.5 Å². The molecule has 2 heterocycles. The first-order valence-corrected chi connectivity index (χ1v) is 9.50. The quantitative estimate of drug-likeness (QED) is 0.513. The van der Waals surface area contributed by atoms with E-state index in [1.165, 1.54) is 16.7 Å². The smallest absolute Gasteiger partial charge is 0.250 e. The Morgan fingerprint density at radius 3 is 2.52 bits per heavy atom. The Morgan fingerprint density at radius 2 is 1.74 bits per heavy atom. The normalized spacial score (nSPS) is 13.5. The molecule has 0 unspecified atom stereocenters. The van der Waals surface area contributed by atoms with Crippen LogP contribution in [0.5, 0.6) is 0 Å². The summed E-state index contributed by atoms with van der Waals surface area (Å²) in [7, 11) is 0. The number of imidazole rings is 1. The highest BCUT2D eigenvalue weighted by molar-refractivity contribution is 5.79. The van der Waals surface area contributed by atoms with E-state index >= 15 is 0 Å². The van der Waals surface area contributed by atoms with Crippen LogP contribution in [-0.4, -0.2) is 4.98 Å². The summed E-state index contributed by atoms with van der Waals surface area (Å²) in [5.41, 5.74) is 8.59. The number of nitriles is 1. The molecule has 4 heteroatoms. The first kappa shape index (κ1) is 15.9. The number of benzene rings is 2. The molecule has 4 nitrogen and oxygen atoms in total. The minimum atomic E-state index is 0.787. The molecule has 27 heavy (non-hydrogen) atoms. The second kappa shape index (κ2) is 6.14. The standard InChI is InChI=1S/C23H20N4/c1-15-10-12-16(13-11-15)25-22-18-7-3-2-6-17(18)19(14-24)23-26-20-8-4-5-9-21(20)27(22)23/h4-5,8-13H,2-3,6-7H2,1H3,(H,25,26)/p+1. The van der Waals surface area contributed by atoms with Crippen molar-refractivity contribution in [2.24, 2.45) is 0 Å². The maximum atomic E-state index is 9.92. The first-order valence-electron chi connectivity index (χ1n) is 9.50. The molecule has 2 aromatic carbocycles. The number of aryl methyl sites for hydroxylation is 1. The molecule has 1 aliphatic carbocycles. The molecule has 0 aliphatic heterocycles. The molecular weight excluding hydrogens is 332 g/mol. The van der Waals surface area contributed by atoms with Crippen molar-refractivity contribution in [1.29, 1.82) is 5.26 Å². The van der Waals surface area contributed by atoms with Gasteiger partial charge in [0.15, 0.2) is 0 Å². The molecule has 0 atom stereocenters. The third-order valence-corrected chi connectivity index (χ3v) is 5.56. The van der Waals surface area contributed by atoms with Gasteiger partial charge in [-0.1, -0.05) is 29.8 Å². The monoisotopic (exact) mass is 353 g/mol. The Balaban J connectivity index is 1.86. The predicted octanol–water partition coefficient (Wildman–Crippen LogP) is 4.71. The van der Waals surface area contributed by atoms with E-state index in [0.29, 0.717) is 0 Å². The Hall–Kier alpha value is -3.32. The van der Waals surface area contributed by atoms with E-state index < -0.39 is 0 Å². The summed E-state index contributed by atoms with van der Waals surface area (Å²) in [4.78, 5) is 3.48. The fraction of sp³-hybridized carbons (Fsp3) is 0.217. The number of aromatic nitrogens is 2. The van der Waals surface area contributed by atoms with Gasteiger partial charge in [0.25, 0.3) is 0 Å². The second-order valence-corrected chi connectivity index (χ2v) is 7.32. The summed E-state index contributed by atoms with van der Waals surface area (Å²) in [5, 5.41) is 13.6. The van der Waals surface area contributed by atoms with Gasteiger partial charge < -0.3 is 0 Å². The van der Waals surface area contributed by atoms with Crippen molar-refractivity contribution >= 4 is 28.2 Å². The number of rotatable bonds is 2. The molecule has 0 radical (unpaired) electrons. The van der Waals surface area contributed by atoms with Crippen LogP contribution < -0.4 is 9.72 Å². The lowest BCUT2D eigenvalue weighted by molar-refractivity contribution is -0.465. The van der Waals surface area contributed by atoms with Crippen LogP contribution in [0.2, 0.25) is 0 Å². The molecule has 0 saturated heterocycles. The molecule has 132 valence electrons. The largest absolute Gasteiger partial charge is 0.273 e. The van der Waals surface area contributed by atoms with Gasteiger partial charge >= 0.3 is 0 Å². The highest BCUT2D eigenvalue weighted by Gasteiger charge is 2.28. The van der Waals surface area contributed by atoms with Crippen LogP contribution in [0.15, 0.2) is 48.5 Å². The Bertz CT molecular complexity index is 1210. The van der Waals surface area contributed by atoms with Crippen molar-refractivity contribution in [2.45, 2.75) is 32.6 Å². The molecule has 0 fully saturated rings. The van der Waals surface area contributed by atoms with E-state index in [1.54, 1.807) is 0 Å². The summed E-state index contributed by atoms with van der Waals surface area (Å²) in [5.74, 6) is 1.08. The van der Waals surface area contributed by atoms with Crippen molar-refractivity contribution in [3.05, 3.63) is 70.8 Å². The summed E-state index contributed by atoms with van der Waals surface area (Å²) < 4.78 is 2.19. The third-order valence-electron chi connectivity index (χ3n) is 5.56. The lowest BCUT2D eigenvalue weighted by Gasteiger charge is -2.19. The average molecular weight is 353 g/mol. The van der Waals surface area contributed by atoms with E-state index in [-0.39, 0.29) is 0 Å². The maximum absolute atomic E-state index is 9.92. The van der Waals surface area contributed by atoms with Crippen molar-refractivity contribution in [2.75, 3.05) is 5.32 Å². The summed E-state index contributed by atoms with van der Waals surface area (Å²) >= 11 is 0. The molecule has 4 aromatic rings. The molecule has 5 rings (SSSR count). The van der Waals surface area contributed by atoms with Gasteiger partial charge in [-0.05, 0) is 62.4 Å². The number of H-pyrrole nitrogens is 1. The zero-order valence-electron chi connectivity index (χ0n) is 15.3. The fourth-order valence-corrected chi connectivity index (χ4v) is 4.23. The van der Waals surface area contributed by atoms with Gasteiger partial charge in [-0.25, -0.2) is 0 Å². The maximum Gasteiger partial charge on any atom is 0.250 e. The number of aromatic amines is 1. The van der Waals surface area contributed by atoms with Gasteiger partial charge in [0.1, 0.15) is 22.7 Å². The van der Waals surface area contributed by atoms with Gasteiger partial charge in [-0.2, -0.15) is 9.66 Å². The number of anilines is 2. The van der Waals surface area contributed by atoms with Crippen molar-refractivity contribution in [3.63, 3.8) is 0 Å². The van der Waals surface area contributed by atoms with Crippen LogP contribution in [0.3, 0.4) is 0 Å². The molecule has 0 spiro atoms. The van der Waals surface area contributed by atoms with Crippen molar-refractivity contribution < 1.29 is 4.40 Å². The SMILES string of the molecule is Cc1ccc(Nc2c3c(c(C#N)c4[nH]c5ccccc5[n+]24)CCCC3)cc1. The topological polar surface area (TPSA) is 55.7 Å². The van der Waals surface area contributed by atoms with Crippen LogP contribution in [0, 0.1) is 18.3 Å². The van der Waals surface area contributed by atoms with Crippen LogP contribution in [0.1, 0.15) is 35.1 Å². The van der Waals surface area contributed by atoms with Crippen LogP contribution in [-0.2, 0) is 12.8 Å². The lowest BCUT2D eigenvalue weighted by Crippen LogP contribution is -2.30. The fourth-order valence-electron chi connectivity index (χ4n) is 4.23. The summed E-state index contributed by atoms with van der Waals surface area (Å²) in [6, 6.07) is 19.2. The van der Waals surface area contributed by atoms with Crippen LogP contribution in [0.25, 0.3) is 16.7 Å². The van der Waals surface area contributed by atoms with Gasteiger partial charge in [-0.3, -0.25) is 10.3 Å². The van der Waals surface area contributed by atoms with Gasteiger partial charge in [0, 0.05) is 5.56 Å². The highest BCUT2D eigenvalue weighted by Crippen LogP contribution is 2.33. The van der Waals surface area contributed by atoms with Crippen LogP contribution >= 0.6 is 0 Å². The molecule has 2 aromatic heterocycles. The number of fused-ring (bicyclic) bond motifs is 4. The summed E-state index contributed by atoms with van der Waals surface area (Å²) in [6.07, 6.45) is 4.27. The minimum Gasteiger partial charge on any atom is -0.273 e. The molecule has 2 N–H and O–H groups in total. The minimum absolute atomic E-state index is 0.787. The highest BCUT2D eigenvalue weighted by atomic mass is 15.1. The molecule has 0 bridgehead atoms. The van der Waals surface area contributed by atoms with Gasteiger partial charge in [-0.15, -0.1) is 0 Å². The zero-order chi connectivity index (χ0) is 18.4. The van der Waals surface area contributed by atoms with E-state index in [9.17, 15) is 5.26 Å². The molecule has 0 amide bonds. The van der Waals surface area contributed by atoms with Crippen molar-refractivity contribution in [1.82, 2.24) is 4.98 Å². The molecule has 1 aliphatic rings. The number of nitrogens with zero attached hydrogens (tertiary/aromatic N) is 2. The third kappa shape index (κ3) is 2.47. The summed E-state index contributed by atoms with van der Waals surface area (Å²) in [6.45, 7) is 2.10. The molecular formula is C23H21N4+. The van der Waals surface area contributed by atoms with Gasteiger partial charge in [0.2, 0.25) is 11.5 Å². The average Bonchev–Trinajstić information content (AvgIpc) is 3.09. The van der Waals surface area contributed by atoms with E-state index in [0.717, 1.165) is 59.4 Å². The second-order valence-electron chi connectivity index (χ2n) is 7.32. The molecule has 0 saturated carbocycles. The zero-order valence-corrected chi connectivity index (χ0v) is 15.3. The van der Waals surface area contributed by atoms with Gasteiger partial charge in [0.05, 0.1) is 5.69 Å². The first-order chi connectivity index (χ1) is 13.3. The van der Waals surface area contributed by atoms with Crippen molar-refractivity contribution in [3.8, 4) is 6.07 Å². The number of pyridine rings is 1. The lowest BCUT2D eigenvalue weighted by atomic mass is 9.89.